The van der Waals surface area contributed by atoms with Crippen molar-refractivity contribution in [2.75, 3.05) is 0 Å². The number of hydrazine groups is 1. The first-order chi connectivity index (χ1) is 11.9. The summed E-state index contributed by atoms with van der Waals surface area (Å²) in [6.07, 6.45) is 1.49. The second-order valence-electron chi connectivity index (χ2n) is 5.02. The Labute approximate surface area is 151 Å². The average molecular weight is 376 g/mol. The lowest BCUT2D eigenvalue weighted by Crippen LogP contribution is -2.44. The smallest absolute Gasteiger partial charge is 0.267 e. The van der Waals surface area contributed by atoms with Crippen LogP contribution in [0.15, 0.2) is 53.4 Å². The standard InChI is InChI=1S/C17H10F2N2O2S2/c18-12-6-4-11(5-7-12)15(22)20-21-16(23)14(25-17(21)24)9-10-2-1-3-13(19)8-10/h1-9H,(H,20,22)/b14-9+. The zero-order valence-corrected chi connectivity index (χ0v) is 14.2. The maximum absolute atomic E-state index is 13.2. The van der Waals surface area contributed by atoms with Crippen LogP contribution >= 0.6 is 24.0 Å². The number of hydrogen-bond donors (Lipinski definition) is 1. The summed E-state index contributed by atoms with van der Waals surface area (Å²) in [6.45, 7) is 0. The largest absolute Gasteiger partial charge is 0.285 e. The van der Waals surface area contributed by atoms with E-state index in [1.807, 2.05) is 0 Å². The van der Waals surface area contributed by atoms with Gasteiger partial charge in [-0.25, -0.2) is 8.78 Å². The van der Waals surface area contributed by atoms with Crippen LogP contribution in [0.1, 0.15) is 15.9 Å². The molecule has 1 aliphatic heterocycles. The van der Waals surface area contributed by atoms with Crippen molar-refractivity contribution in [1.82, 2.24) is 10.4 Å². The number of rotatable bonds is 3. The van der Waals surface area contributed by atoms with Crippen LogP contribution in [-0.4, -0.2) is 21.1 Å². The molecule has 0 radical (unpaired) electrons. The van der Waals surface area contributed by atoms with E-state index in [-0.39, 0.29) is 14.8 Å². The molecular formula is C17H10F2N2O2S2. The average Bonchev–Trinajstić information content (AvgIpc) is 2.83. The molecule has 25 heavy (non-hydrogen) atoms. The molecule has 0 aromatic heterocycles. The SMILES string of the molecule is O=C(NN1C(=O)/C(=C\c2cccc(F)c2)SC1=S)c1ccc(F)cc1. The Hall–Kier alpha value is -2.58. The minimum atomic E-state index is -0.594. The topological polar surface area (TPSA) is 49.4 Å². The molecule has 3 rings (SSSR count). The summed E-state index contributed by atoms with van der Waals surface area (Å²) < 4.78 is 26.3. The fourth-order valence-electron chi connectivity index (χ4n) is 2.08. The second kappa shape index (κ2) is 7.12. The molecule has 0 aliphatic carbocycles. The minimum absolute atomic E-state index is 0.142. The Morgan fingerprint density at radius 1 is 1.12 bits per heavy atom. The summed E-state index contributed by atoms with van der Waals surface area (Å²) in [4.78, 5) is 24.8. The fraction of sp³-hybridized carbons (Fsp3) is 0. The first kappa shape index (κ1) is 17.2. The lowest BCUT2D eigenvalue weighted by molar-refractivity contribution is -0.123. The molecule has 1 fully saturated rings. The molecule has 2 aromatic rings. The second-order valence-corrected chi connectivity index (χ2v) is 6.70. The van der Waals surface area contributed by atoms with E-state index >= 15 is 0 Å². The van der Waals surface area contributed by atoms with E-state index in [1.54, 1.807) is 6.07 Å². The molecule has 1 N–H and O–H groups in total. The predicted octanol–water partition coefficient (Wildman–Crippen LogP) is 3.51. The molecule has 0 bridgehead atoms. The van der Waals surface area contributed by atoms with E-state index in [9.17, 15) is 18.4 Å². The molecule has 8 heteroatoms. The van der Waals surface area contributed by atoms with Crippen molar-refractivity contribution in [1.29, 1.82) is 0 Å². The van der Waals surface area contributed by atoms with Gasteiger partial charge in [0, 0.05) is 5.56 Å². The lowest BCUT2D eigenvalue weighted by Gasteiger charge is -2.15. The molecule has 0 unspecified atom stereocenters. The molecule has 0 saturated carbocycles. The van der Waals surface area contributed by atoms with Crippen LogP contribution in [0.5, 0.6) is 0 Å². The van der Waals surface area contributed by atoms with E-state index < -0.39 is 23.4 Å². The maximum atomic E-state index is 13.2. The highest BCUT2D eigenvalue weighted by Crippen LogP contribution is 2.31. The number of carbonyl (C=O) groups excluding carboxylic acids is 2. The highest BCUT2D eigenvalue weighted by molar-refractivity contribution is 8.26. The van der Waals surface area contributed by atoms with Gasteiger partial charge in [0.15, 0.2) is 4.32 Å². The first-order valence-electron chi connectivity index (χ1n) is 7.04. The van der Waals surface area contributed by atoms with Crippen molar-refractivity contribution < 1.29 is 18.4 Å². The third-order valence-corrected chi connectivity index (χ3v) is 4.56. The first-order valence-corrected chi connectivity index (χ1v) is 8.26. The Morgan fingerprint density at radius 2 is 1.84 bits per heavy atom. The molecule has 4 nitrogen and oxygen atoms in total. The number of nitrogens with zero attached hydrogens (tertiary/aromatic N) is 1. The minimum Gasteiger partial charge on any atom is -0.267 e. The van der Waals surface area contributed by atoms with Gasteiger partial charge in [-0.05, 0) is 60.3 Å². The third kappa shape index (κ3) is 3.92. The summed E-state index contributed by atoms with van der Waals surface area (Å²) in [5, 5.41) is 0.941. The monoisotopic (exact) mass is 376 g/mol. The lowest BCUT2D eigenvalue weighted by atomic mass is 10.2. The molecule has 0 atom stereocenters. The summed E-state index contributed by atoms with van der Waals surface area (Å²) in [6, 6.07) is 10.6. The van der Waals surface area contributed by atoms with Crippen molar-refractivity contribution in [2.45, 2.75) is 0 Å². The van der Waals surface area contributed by atoms with Crippen molar-refractivity contribution in [3.05, 3.63) is 76.2 Å². The van der Waals surface area contributed by atoms with Gasteiger partial charge < -0.3 is 0 Å². The van der Waals surface area contributed by atoms with E-state index in [0.29, 0.717) is 5.56 Å². The van der Waals surface area contributed by atoms with Crippen molar-refractivity contribution in [3.63, 3.8) is 0 Å². The van der Waals surface area contributed by atoms with Gasteiger partial charge in [-0.2, -0.15) is 5.01 Å². The van der Waals surface area contributed by atoms with Crippen LogP contribution in [0.25, 0.3) is 6.08 Å². The number of halogens is 2. The molecule has 1 saturated heterocycles. The van der Waals surface area contributed by atoms with Crippen LogP contribution in [0.4, 0.5) is 8.78 Å². The molecule has 1 aliphatic rings. The number of thiocarbonyl (C=S) groups is 1. The number of hydrogen-bond acceptors (Lipinski definition) is 4. The van der Waals surface area contributed by atoms with Crippen LogP contribution in [0, 0.1) is 11.6 Å². The van der Waals surface area contributed by atoms with Gasteiger partial charge >= 0.3 is 0 Å². The van der Waals surface area contributed by atoms with Crippen molar-refractivity contribution in [3.8, 4) is 0 Å². The molecule has 2 aromatic carbocycles. The van der Waals surface area contributed by atoms with E-state index in [4.69, 9.17) is 12.2 Å². The van der Waals surface area contributed by atoms with Crippen LogP contribution < -0.4 is 5.43 Å². The summed E-state index contributed by atoms with van der Waals surface area (Å²) >= 11 is 6.10. The Kier molecular flexibility index (Phi) is 4.91. The van der Waals surface area contributed by atoms with Gasteiger partial charge in [0.05, 0.1) is 4.91 Å². The number of carbonyl (C=O) groups is 2. The highest BCUT2D eigenvalue weighted by Gasteiger charge is 2.33. The van der Waals surface area contributed by atoms with E-state index in [0.717, 1.165) is 28.9 Å². The Balaban J connectivity index is 1.77. The van der Waals surface area contributed by atoms with E-state index in [2.05, 4.69) is 5.43 Å². The Morgan fingerprint density at radius 3 is 2.52 bits per heavy atom. The van der Waals surface area contributed by atoms with Gasteiger partial charge in [-0.15, -0.1) is 0 Å². The van der Waals surface area contributed by atoms with Gasteiger partial charge in [-0.3, -0.25) is 15.0 Å². The number of amides is 2. The van der Waals surface area contributed by atoms with Gasteiger partial charge in [-0.1, -0.05) is 23.9 Å². The Bertz CT molecular complexity index is 898. The quantitative estimate of drug-likeness (QED) is 0.658. The zero-order chi connectivity index (χ0) is 18.0. The highest BCUT2D eigenvalue weighted by atomic mass is 32.2. The van der Waals surface area contributed by atoms with E-state index in [1.165, 1.54) is 36.4 Å². The number of nitrogens with one attached hydrogen (secondary N) is 1. The summed E-state index contributed by atoms with van der Waals surface area (Å²) in [5.41, 5.74) is 3.08. The van der Waals surface area contributed by atoms with Crippen LogP contribution in [0.3, 0.4) is 0 Å². The summed E-state index contributed by atoms with van der Waals surface area (Å²) in [7, 11) is 0. The van der Waals surface area contributed by atoms with Gasteiger partial charge in [0.2, 0.25) is 0 Å². The molecular weight excluding hydrogens is 366 g/mol. The number of thioether (sulfide) groups is 1. The zero-order valence-electron chi connectivity index (χ0n) is 12.5. The van der Waals surface area contributed by atoms with Crippen molar-refractivity contribution >= 4 is 46.2 Å². The molecule has 0 spiro atoms. The molecule has 1 heterocycles. The van der Waals surface area contributed by atoms with Gasteiger partial charge in [0.1, 0.15) is 11.6 Å². The molecule has 126 valence electrons. The van der Waals surface area contributed by atoms with Crippen LogP contribution in [-0.2, 0) is 4.79 Å². The number of benzene rings is 2. The maximum Gasteiger partial charge on any atom is 0.285 e. The normalized spacial score (nSPS) is 15.8. The predicted molar refractivity (Wildman–Crippen MR) is 95.3 cm³/mol. The fourth-order valence-corrected chi connectivity index (χ4v) is 3.26. The van der Waals surface area contributed by atoms with Crippen LogP contribution in [0.2, 0.25) is 0 Å². The molecule has 2 amide bonds. The van der Waals surface area contributed by atoms with Gasteiger partial charge in [0.25, 0.3) is 11.8 Å². The summed E-state index contributed by atoms with van der Waals surface area (Å²) in [5.74, 6) is -2.01. The van der Waals surface area contributed by atoms with Crippen molar-refractivity contribution in [2.24, 2.45) is 0 Å². The third-order valence-electron chi connectivity index (χ3n) is 3.26.